The number of likely N-dealkylation sites (tertiary alicyclic amines) is 1. The van der Waals surface area contributed by atoms with Crippen LogP contribution in [-0.2, 0) is 9.59 Å². The number of hydrogen-bond donors (Lipinski definition) is 1. The van der Waals surface area contributed by atoms with Crippen molar-refractivity contribution in [3.05, 3.63) is 29.3 Å². The van der Waals surface area contributed by atoms with Gasteiger partial charge < -0.3 is 5.32 Å². The standard InChI is InChI=1S/C14H18N2O2/c1-4-16-13(17)8-12(14(16)18)15-11-6-5-9(2)10(3)7-11/h5-7,12,15H,4,8H2,1-3H3/t12-/m0/s1. The van der Waals surface area contributed by atoms with Gasteiger partial charge in [-0.2, -0.15) is 0 Å². The van der Waals surface area contributed by atoms with Gasteiger partial charge in [-0.25, -0.2) is 0 Å². The van der Waals surface area contributed by atoms with E-state index in [2.05, 4.69) is 5.32 Å². The highest BCUT2D eigenvalue weighted by Crippen LogP contribution is 2.20. The second-order valence-corrected chi connectivity index (χ2v) is 4.68. The summed E-state index contributed by atoms with van der Waals surface area (Å²) in [7, 11) is 0. The van der Waals surface area contributed by atoms with Crippen LogP contribution in [0, 0.1) is 13.8 Å². The van der Waals surface area contributed by atoms with Crippen molar-refractivity contribution in [2.75, 3.05) is 11.9 Å². The number of rotatable bonds is 3. The second kappa shape index (κ2) is 4.80. The molecule has 2 rings (SSSR count). The van der Waals surface area contributed by atoms with Gasteiger partial charge in [-0.15, -0.1) is 0 Å². The molecule has 4 nitrogen and oxygen atoms in total. The van der Waals surface area contributed by atoms with Gasteiger partial charge >= 0.3 is 0 Å². The van der Waals surface area contributed by atoms with Crippen LogP contribution in [0.2, 0.25) is 0 Å². The lowest BCUT2D eigenvalue weighted by molar-refractivity contribution is -0.138. The minimum Gasteiger partial charge on any atom is -0.373 e. The van der Waals surface area contributed by atoms with Gasteiger partial charge in [0.1, 0.15) is 6.04 Å². The molecule has 0 bridgehead atoms. The first kappa shape index (κ1) is 12.6. The maximum atomic E-state index is 11.9. The summed E-state index contributed by atoms with van der Waals surface area (Å²) in [6.07, 6.45) is 0.250. The van der Waals surface area contributed by atoms with Crippen LogP contribution >= 0.6 is 0 Å². The number of imide groups is 1. The number of carbonyl (C=O) groups excluding carboxylic acids is 2. The molecule has 0 unspecified atom stereocenters. The number of aryl methyl sites for hydroxylation is 2. The molecule has 1 fully saturated rings. The lowest BCUT2D eigenvalue weighted by atomic mass is 10.1. The Bertz CT molecular complexity index is 497. The van der Waals surface area contributed by atoms with Crippen molar-refractivity contribution < 1.29 is 9.59 Å². The van der Waals surface area contributed by atoms with Crippen LogP contribution in [0.3, 0.4) is 0 Å². The summed E-state index contributed by atoms with van der Waals surface area (Å²) in [4.78, 5) is 24.9. The Balaban J connectivity index is 2.13. The minimum absolute atomic E-state index is 0.0937. The first-order valence-corrected chi connectivity index (χ1v) is 6.21. The zero-order valence-corrected chi connectivity index (χ0v) is 11.0. The molecule has 1 aliphatic heterocycles. The van der Waals surface area contributed by atoms with Gasteiger partial charge in [0, 0.05) is 12.2 Å². The first-order chi connectivity index (χ1) is 8.52. The number of likely N-dealkylation sites (N-methyl/N-ethyl adjacent to an activating group) is 1. The summed E-state index contributed by atoms with van der Waals surface area (Å²) in [5.41, 5.74) is 3.27. The fourth-order valence-corrected chi connectivity index (χ4v) is 2.16. The number of amides is 2. The molecule has 4 heteroatoms. The lowest BCUT2D eigenvalue weighted by Crippen LogP contribution is -2.34. The average Bonchev–Trinajstić information content (AvgIpc) is 2.59. The molecule has 1 aromatic carbocycles. The molecule has 1 saturated heterocycles. The molecule has 1 N–H and O–H groups in total. The van der Waals surface area contributed by atoms with Crippen LogP contribution in [0.15, 0.2) is 18.2 Å². The van der Waals surface area contributed by atoms with Gasteiger partial charge in [0.2, 0.25) is 5.91 Å². The lowest BCUT2D eigenvalue weighted by Gasteiger charge is -2.14. The van der Waals surface area contributed by atoms with Crippen molar-refractivity contribution in [3.8, 4) is 0 Å². The zero-order valence-electron chi connectivity index (χ0n) is 11.0. The predicted molar refractivity (Wildman–Crippen MR) is 70.3 cm³/mol. The van der Waals surface area contributed by atoms with Crippen LogP contribution in [0.4, 0.5) is 5.69 Å². The van der Waals surface area contributed by atoms with E-state index in [9.17, 15) is 9.59 Å². The Hall–Kier alpha value is -1.84. The maximum absolute atomic E-state index is 11.9. The van der Waals surface area contributed by atoms with E-state index in [1.165, 1.54) is 16.0 Å². The Labute approximate surface area is 107 Å². The number of carbonyl (C=O) groups is 2. The highest BCUT2D eigenvalue weighted by Gasteiger charge is 2.37. The van der Waals surface area contributed by atoms with Crippen LogP contribution in [0.25, 0.3) is 0 Å². The third kappa shape index (κ3) is 2.23. The largest absolute Gasteiger partial charge is 0.373 e. The van der Waals surface area contributed by atoms with Gasteiger partial charge in [0.05, 0.1) is 6.42 Å². The van der Waals surface area contributed by atoms with Crippen molar-refractivity contribution in [3.63, 3.8) is 0 Å². The molecule has 18 heavy (non-hydrogen) atoms. The molecule has 1 aromatic rings. The Morgan fingerprint density at radius 2 is 2.00 bits per heavy atom. The van der Waals surface area contributed by atoms with E-state index in [1.807, 2.05) is 39.0 Å². The minimum atomic E-state index is -0.417. The highest BCUT2D eigenvalue weighted by molar-refractivity contribution is 6.06. The summed E-state index contributed by atoms with van der Waals surface area (Å²) in [6, 6.07) is 5.53. The maximum Gasteiger partial charge on any atom is 0.252 e. The van der Waals surface area contributed by atoms with E-state index in [0.717, 1.165) is 5.69 Å². The number of nitrogens with one attached hydrogen (secondary N) is 1. The molecule has 1 heterocycles. The molecule has 0 spiro atoms. The van der Waals surface area contributed by atoms with E-state index >= 15 is 0 Å². The molecule has 1 aliphatic rings. The van der Waals surface area contributed by atoms with E-state index in [1.54, 1.807) is 0 Å². The normalized spacial score (nSPS) is 19.5. The molecular formula is C14H18N2O2. The van der Waals surface area contributed by atoms with Gasteiger partial charge in [0.25, 0.3) is 5.91 Å². The smallest absolute Gasteiger partial charge is 0.252 e. The fourth-order valence-electron chi connectivity index (χ4n) is 2.16. The van der Waals surface area contributed by atoms with Crippen LogP contribution in [0.5, 0.6) is 0 Å². The third-order valence-electron chi connectivity index (χ3n) is 3.41. The van der Waals surface area contributed by atoms with E-state index in [0.29, 0.717) is 6.54 Å². The SMILES string of the molecule is CCN1C(=O)C[C@H](Nc2ccc(C)c(C)c2)C1=O. The van der Waals surface area contributed by atoms with Crippen molar-refractivity contribution in [1.82, 2.24) is 4.90 Å². The predicted octanol–water partition coefficient (Wildman–Crippen LogP) is 1.86. The van der Waals surface area contributed by atoms with Crippen LogP contribution in [0.1, 0.15) is 24.5 Å². The van der Waals surface area contributed by atoms with Gasteiger partial charge in [-0.3, -0.25) is 14.5 Å². The second-order valence-electron chi connectivity index (χ2n) is 4.68. The summed E-state index contributed by atoms with van der Waals surface area (Å²) in [6.45, 7) is 6.33. The zero-order chi connectivity index (χ0) is 13.3. The van der Waals surface area contributed by atoms with Crippen molar-refractivity contribution in [2.24, 2.45) is 0 Å². The summed E-state index contributed by atoms with van der Waals surface area (Å²) >= 11 is 0. The molecule has 0 aliphatic carbocycles. The topological polar surface area (TPSA) is 49.4 Å². The molecule has 0 aromatic heterocycles. The monoisotopic (exact) mass is 246 g/mol. The van der Waals surface area contributed by atoms with Gasteiger partial charge in [-0.1, -0.05) is 6.07 Å². The van der Waals surface area contributed by atoms with Crippen molar-refractivity contribution in [1.29, 1.82) is 0 Å². The molecule has 0 saturated carbocycles. The van der Waals surface area contributed by atoms with Crippen LogP contribution in [-0.4, -0.2) is 29.3 Å². The van der Waals surface area contributed by atoms with Crippen molar-refractivity contribution >= 4 is 17.5 Å². The van der Waals surface area contributed by atoms with E-state index < -0.39 is 6.04 Å². The quantitative estimate of drug-likeness (QED) is 0.828. The fraction of sp³-hybridized carbons (Fsp3) is 0.429. The molecular weight excluding hydrogens is 228 g/mol. The molecule has 2 amide bonds. The van der Waals surface area contributed by atoms with Crippen LogP contribution < -0.4 is 5.32 Å². The number of nitrogens with zero attached hydrogens (tertiary/aromatic N) is 1. The van der Waals surface area contributed by atoms with Gasteiger partial charge in [0.15, 0.2) is 0 Å². The Morgan fingerprint density at radius 3 is 2.56 bits per heavy atom. The number of benzene rings is 1. The molecule has 96 valence electrons. The van der Waals surface area contributed by atoms with E-state index in [4.69, 9.17) is 0 Å². The average molecular weight is 246 g/mol. The van der Waals surface area contributed by atoms with Crippen molar-refractivity contribution in [2.45, 2.75) is 33.2 Å². The van der Waals surface area contributed by atoms with E-state index in [-0.39, 0.29) is 18.2 Å². The third-order valence-corrected chi connectivity index (χ3v) is 3.41. The highest BCUT2D eigenvalue weighted by atomic mass is 16.2. The number of anilines is 1. The Kier molecular flexibility index (Phi) is 3.36. The molecule has 1 atom stereocenters. The number of hydrogen-bond acceptors (Lipinski definition) is 3. The summed E-state index contributed by atoms with van der Waals surface area (Å²) < 4.78 is 0. The summed E-state index contributed by atoms with van der Waals surface area (Å²) in [5.74, 6) is -0.218. The first-order valence-electron chi connectivity index (χ1n) is 6.21. The molecule has 0 radical (unpaired) electrons. The summed E-state index contributed by atoms with van der Waals surface area (Å²) in [5, 5.41) is 3.14. The van der Waals surface area contributed by atoms with Gasteiger partial charge in [-0.05, 0) is 44.0 Å². The Morgan fingerprint density at radius 1 is 1.28 bits per heavy atom.